The number of amides is 1. The van der Waals surface area contributed by atoms with E-state index in [9.17, 15) is 4.79 Å². The van der Waals surface area contributed by atoms with E-state index >= 15 is 0 Å². The number of anilines is 1. The summed E-state index contributed by atoms with van der Waals surface area (Å²) >= 11 is 6.14. The number of nitrogens with zero attached hydrogens (tertiary/aromatic N) is 2. The van der Waals surface area contributed by atoms with Crippen molar-refractivity contribution in [3.05, 3.63) is 28.3 Å². The van der Waals surface area contributed by atoms with Crippen molar-refractivity contribution in [1.82, 2.24) is 0 Å². The van der Waals surface area contributed by atoms with Gasteiger partial charge in [0.1, 0.15) is 6.07 Å². The van der Waals surface area contributed by atoms with E-state index in [1.54, 1.807) is 17.0 Å². The average molecular weight is 293 g/mol. The van der Waals surface area contributed by atoms with Gasteiger partial charge in [0.25, 0.3) is 0 Å². The number of hydrogen-bond acceptors (Lipinski definition) is 2. The summed E-state index contributed by atoms with van der Waals surface area (Å²) in [6.07, 6.45) is 0.836. The molecule has 2 rings (SSSR count). The second-order valence-electron chi connectivity index (χ2n) is 5.27. The zero-order valence-electron chi connectivity index (χ0n) is 12.7. The molecule has 0 N–H and O–H groups in total. The number of carbonyl (C=O) groups excluding carboxylic acids is 1. The maximum Gasteiger partial charge on any atom is 0.232 e. The van der Waals surface area contributed by atoms with Crippen LogP contribution in [-0.4, -0.2) is 12.5 Å². The summed E-state index contributed by atoms with van der Waals surface area (Å²) in [4.78, 5) is 14.0. The monoisotopic (exact) mass is 292 g/mol. The van der Waals surface area contributed by atoms with Gasteiger partial charge in [-0.2, -0.15) is 5.26 Å². The van der Waals surface area contributed by atoms with Crippen LogP contribution >= 0.6 is 11.6 Å². The molecule has 1 aromatic rings. The lowest BCUT2D eigenvalue weighted by Crippen LogP contribution is -2.31. The Morgan fingerprint density at radius 2 is 1.95 bits per heavy atom. The van der Waals surface area contributed by atoms with Crippen molar-refractivity contribution in [2.45, 2.75) is 41.0 Å². The third-order valence-corrected chi connectivity index (χ3v) is 4.04. The molecule has 108 valence electrons. The minimum Gasteiger partial charge on any atom is -0.312 e. The molecule has 0 spiro atoms. The zero-order chi connectivity index (χ0) is 15.5. The van der Waals surface area contributed by atoms with Gasteiger partial charge in [-0.25, -0.2) is 0 Å². The molecule has 4 heteroatoms. The van der Waals surface area contributed by atoms with E-state index in [0.717, 1.165) is 17.7 Å². The van der Waals surface area contributed by atoms with Crippen LogP contribution in [0.15, 0.2) is 12.1 Å². The van der Waals surface area contributed by atoms with Crippen molar-refractivity contribution in [2.24, 2.45) is 5.41 Å². The predicted molar refractivity (Wildman–Crippen MR) is 83.0 cm³/mol. The van der Waals surface area contributed by atoms with Crippen molar-refractivity contribution in [2.75, 3.05) is 11.4 Å². The van der Waals surface area contributed by atoms with E-state index in [1.807, 2.05) is 40.7 Å². The number of carbonyl (C=O) groups is 1. The van der Waals surface area contributed by atoms with E-state index < -0.39 is 0 Å². The Kier molecular flexibility index (Phi) is 5.19. The highest BCUT2D eigenvalue weighted by Crippen LogP contribution is 2.37. The topological polar surface area (TPSA) is 44.1 Å². The first-order valence-corrected chi connectivity index (χ1v) is 7.27. The van der Waals surface area contributed by atoms with Gasteiger partial charge in [-0.1, -0.05) is 39.3 Å². The normalized spacial score (nSPS) is 16.4. The Balaban J connectivity index is 0.000000956. The van der Waals surface area contributed by atoms with E-state index in [4.69, 9.17) is 16.9 Å². The Bertz CT molecular complexity index is 558. The first-order valence-electron chi connectivity index (χ1n) is 6.89. The van der Waals surface area contributed by atoms with Crippen molar-refractivity contribution in [3.8, 4) is 6.07 Å². The van der Waals surface area contributed by atoms with Gasteiger partial charge in [-0.15, -0.1) is 0 Å². The molecule has 1 amide bonds. The summed E-state index contributed by atoms with van der Waals surface area (Å²) < 4.78 is 0. The molecule has 0 atom stereocenters. The van der Waals surface area contributed by atoms with Gasteiger partial charge in [0.05, 0.1) is 10.6 Å². The van der Waals surface area contributed by atoms with Gasteiger partial charge >= 0.3 is 0 Å². The highest BCUT2D eigenvalue weighted by atomic mass is 35.5. The van der Waals surface area contributed by atoms with Gasteiger partial charge in [-0.3, -0.25) is 4.79 Å². The minimum atomic E-state index is -0.313. The Morgan fingerprint density at radius 3 is 2.40 bits per heavy atom. The number of benzene rings is 1. The summed E-state index contributed by atoms with van der Waals surface area (Å²) in [7, 11) is 0. The molecule has 1 heterocycles. The van der Waals surface area contributed by atoms with E-state index in [0.29, 0.717) is 17.1 Å². The smallest absolute Gasteiger partial charge is 0.232 e. The SMILES string of the molecule is CC.Cc1c(N2CCC(C)(C)C2=O)ccc(C#N)c1Cl. The molecular weight excluding hydrogens is 272 g/mol. The van der Waals surface area contributed by atoms with Crippen LogP contribution in [0.1, 0.15) is 45.2 Å². The molecule has 1 aromatic carbocycles. The minimum absolute atomic E-state index is 0.117. The van der Waals surface area contributed by atoms with Crippen LogP contribution in [0.5, 0.6) is 0 Å². The van der Waals surface area contributed by atoms with Crippen molar-refractivity contribution >= 4 is 23.2 Å². The van der Waals surface area contributed by atoms with Crippen LogP contribution in [0.3, 0.4) is 0 Å². The van der Waals surface area contributed by atoms with Gasteiger partial charge in [-0.05, 0) is 31.0 Å². The zero-order valence-corrected chi connectivity index (χ0v) is 13.5. The van der Waals surface area contributed by atoms with Crippen LogP contribution in [-0.2, 0) is 4.79 Å². The molecule has 1 aliphatic rings. The quantitative estimate of drug-likeness (QED) is 0.774. The Morgan fingerprint density at radius 1 is 1.35 bits per heavy atom. The van der Waals surface area contributed by atoms with Gasteiger partial charge in [0.2, 0.25) is 5.91 Å². The fourth-order valence-electron chi connectivity index (χ4n) is 2.25. The van der Waals surface area contributed by atoms with Crippen LogP contribution in [0.25, 0.3) is 0 Å². The molecule has 20 heavy (non-hydrogen) atoms. The van der Waals surface area contributed by atoms with Crippen LogP contribution in [0.2, 0.25) is 5.02 Å². The molecule has 0 saturated carbocycles. The lowest BCUT2D eigenvalue weighted by atomic mass is 9.92. The van der Waals surface area contributed by atoms with Crippen molar-refractivity contribution in [1.29, 1.82) is 5.26 Å². The van der Waals surface area contributed by atoms with Gasteiger partial charge < -0.3 is 4.90 Å². The fourth-order valence-corrected chi connectivity index (χ4v) is 2.45. The summed E-state index contributed by atoms with van der Waals surface area (Å²) in [6.45, 7) is 10.5. The molecule has 1 fully saturated rings. The number of hydrogen-bond donors (Lipinski definition) is 0. The second-order valence-corrected chi connectivity index (χ2v) is 5.65. The highest BCUT2D eigenvalue weighted by Gasteiger charge is 2.39. The molecule has 3 nitrogen and oxygen atoms in total. The third-order valence-electron chi connectivity index (χ3n) is 3.55. The lowest BCUT2D eigenvalue weighted by Gasteiger charge is -2.22. The molecule has 1 aliphatic heterocycles. The maximum atomic E-state index is 12.3. The van der Waals surface area contributed by atoms with Crippen LogP contribution in [0.4, 0.5) is 5.69 Å². The lowest BCUT2D eigenvalue weighted by molar-refractivity contribution is -0.123. The van der Waals surface area contributed by atoms with E-state index in [-0.39, 0.29) is 11.3 Å². The molecule has 0 aliphatic carbocycles. The van der Waals surface area contributed by atoms with Crippen LogP contribution in [0, 0.1) is 23.7 Å². The third kappa shape index (κ3) is 2.81. The summed E-state index contributed by atoms with van der Waals surface area (Å²) in [5.74, 6) is 0.117. The summed E-state index contributed by atoms with van der Waals surface area (Å²) in [5, 5.41) is 9.36. The fraction of sp³-hybridized carbons (Fsp3) is 0.500. The first kappa shape index (κ1) is 16.5. The van der Waals surface area contributed by atoms with Crippen molar-refractivity contribution < 1.29 is 4.79 Å². The molecule has 0 radical (unpaired) electrons. The Hall–Kier alpha value is -1.53. The van der Waals surface area contributed by atoms with Gasteiger partial charge in [0.15, 0.2) is 0 Å². The number of halogens is 1. The largest absolute Gasteiger partial charge is 0.312 e. The molecule has 1 saturated heterocycles. The standard InChI is InChI=1S/C14H15ClN2O.C2H6/c1-9-11(5-4-10(8-16)12(9)15)17-7-6-14(2,3)13(17)18;1-2/h4-5H,6-7H2,1-3H3;1-2H3. The maximum absolute atomic E-state index is 12.3. The summed E-state index contributed by atoms with van der Waals surface area (Å²) in [6, 6.07) is 5.52. The molecule has 0 aromatic heterocycles. The van der Waals surface area contributed by atoms with E-state index in [1.165, 1.54) is 0 Å². The highest BCUT2D eigenvalue weighted by molar-refractivity contribution is 6.33. The molecule has 0 unspecified atom stereocenters. The second kappa shape index (κ2) is 6.28. The van der Waals surface area contributed by atoms with E-state index in [2.05, 4.69) is 0 Å². The first-order chi connectivity index (χ1) is 9.38. The Labute approximate surface area is 126 Å². The predicted octanol–water partition coefficient (Wildman–Crippen LogP) is 4.31. The average Bonchev–Trinajstić information content (AvgIpc) is 2.70. The van der Waals surface area contributed by atoms with Gasteiger partial charge in [0, 0.05) is 17.6 Å². The molecular formula is C16H21ClN2O. The van der Waals surface area contributed by atoms with Crippen molar-refractivity contribution in [3.63, 3.8) is 0 Å². The molecule has 0 bridgehead atoms. The van der Waals surface area contributed by atoms with Crippen LogP contribution < -0.4 is 4.90 Å². The summed E-state index contributed by atoms with van der Waals surface area (Å²) in [5.41, 5.74) is 1.74. The number of rotatable bonds is 1. The number of nitriles is 1.